The van der Waals surface area contributed by atoms with Crippen molar-refractivity contribution in [2.24, 2.45) is 5.92 Å². The van der Waals surface area contributed by atoms with E-state index in [1.165, 1.54) is 6.07 Å². The van der Waals surface area contributed by atoms with Crippen LogP contribution in [-0.4, -0.2) is 25.8 Å². The maximum absolute atomic E-state index is 13.5. The first kappa shape index (κ1) is 15.7. The van der Waals surface area contributed by atoms with E-state index >= 15 is 0 Å². The van der Waals surface area contributed by atoms with Crippen LogP contribution < -0.4 is 5.32 Å². The summed E-state index contributed by atoms with van der Waals surface area (Å²) in [6.07, 6.45) is 4.10. The van der Waals surface area contributed by atoms with Gasteiger partial charge in [-0.25, -0.2) is 4.39 Å². The molecule has 1 aliphatic heterocycles. The predicted molar refractivity (Wildman–Crippen MR) is 80.7 cm³/mol. The second-order valence-electron chi connectivity index (χ2n) is 5.45. The smallest absolute Gasteiger partial charge is 0.142 e. The summed E-state index contributed by atoms with van der Waals surface area (Å²) in [6, 6.07) is 5.35. The molecule has 112 valence electrons. The normalized spacial score (nSPS) is 20.9. The van der Waals surface area contributed by atoms with Crippen molar-refractivity contribution in [3.63, 3.8) is 0 Å². The van der Waals surface area contributed by atoms with Gasteiger partial charge < -0.3 is 10.1 Å². The number of nitrogens with one attached hydrogen (secondary N) is 1. The van der Waals surface area contributed by atoms with Crippen molar-refractivity contribution >= 4 is 11.6 Å². The number of ether oxygens (including phenoxy) is 1. The van der Waals surface area contributed by atoms with Crippen molar-refractivity contribution in [3.05, 3.63) is 34.6 Å². The SMILES string of the molecule is CCCNC(Cc1cccc(F)c1Cl)C1CCCOC1. The zero-order valence-corrected chi connectivity index (χ0v) is 12.8. The molecule has 0 aliphatic carbocycles. The maximum Gasteiger partial charge on any atom is 0.142 e. The van der Waals surface area contributed by atoms with E-state index in [9.17, 15) is 4.39 Å². The highest BCUT2D eigenvalue weighted by Gasteiger charge is 2.25. The average molecular weight is 300 g/mol. The highest BCUT2D eigenvalue weighted by Crippen LogP contribution is 2.25. The Labute approximate surface area is 125 Å². The van der Waals surface area contributed by atoms with Gasteiger partial charge in [-0.15, -0.1) is 0 Å². The molecule has 0 radical (unpaired) electrons. The molecule has 4 heteroatoms. The summed E-state index contributed by atoms with van der Waals surface area (Å²) in [5, 5.41) is 3.83. The van der Waals surface area contributed by atoms with Gasteiger partial charge in [0.2, 0.25) is 0 Å². The lowest BCUT2D eigenvalue weighted by atomic mass is 9.89. The molecule has 1 N–H and O–H groups in total. The molecule has 2 nitrogen and oxygen atoms in total. The van der Waals surface area contributed by atoms with E-state index in [1.807, 2.05) is 6.07 Å². The van der Waals surface area contributed by atoms with Crippen LogP contribution in [0.25, 0.3) is 0 Å². The van der Waals surface area contributed by atoms with E-state index in [2.05, 4.69) is 12.2 Å². The largest absolute Gasteiger partial charge is 0.381 e. The van der Waals surface area contributed by atoms with Crippen molar-refractivity contribution in [1.82, 2.24) is 5.32 Å². The van der Waals surface area contributed by atoms with Crippen molar-refractivity contribution in [2.45, 2.75) is 38.6 Å². The molecule has 1 saturated heterocycles. The van der Waals surface area contributed by atoms with E-state index in [0.717, 1.165) is 51.0 Å². The first-order valence-corrected chi connectivity index (χ1v) is 7.84. The van der Waals surface area contributed by atoms with Gasteiger partial charge in [0.05, 0.1) is 11.6 Å². The minimum atomic E-state index is -0.335. The summed E-state index contributed by atoms with van der Waals surface area (Å²) in [4.78, 5) is 0. The first-order chi connectivity index (χ1) is 9.72. The molecular formula is C16H23ClFNO. The monoisotopic (exact) mass is 299 g/mol. The Morgan fingerprint density at radius 3 is 3.05 bits per heavy atom. The third-order valence-corrected chi connectivity index (χ3v) is 4.32. The number of rotatable bonds is 6. The molecule has 1 fully saturated rings. The number of hydrogen-bond acceptors (Lipinski definition) is 2. The molecule has 0 saturated carbocycles. The third-order valence-electron chi connectivity index (χ3n) is 3.89. The minimum absolute atomic E-state index is 0.257. The van der Waals surface area contributed by atoms with Crippen molar-refractivity contribution in [1.29, 1.82) is 0 Å². The molecule has 2 atom stereocenters. The van der Waals surface area contributed by atoms with Gasteiger partial charge in [-0.3, -0.25) is 0 Å². The molecule has 0 aromatic heterocycles. The highest BCUT2D eigenvalue weighted by molar-refractivity contribution is 6.31. The Hall–Kier alpha value is -0.640. The standard InChI is InChI=1S/C16H23ClFNO/c1-2-8-19-15(13-6-4-9-20-11-13)10-12-5-3-7-14(18)16(12)17/h3,5,7,13,15,19H,2,4,6,8-11H2,1H3. The van der Waals surface area contributed by atoms with E-state index in [4.69, 9.17) is 16.3 Å². The van der Waals surface area contributed by atoms with Gasteiger partial charge in [0, 0.05) is 12.6 Å². The topological polar surface area (TPSA) is 21.3 Å². The van der Waals surface area contributed by atoms with Crippen LogP contribution >= 0.6 is 11.6 Å². The fourth-order valence-electron chi connectivity index (χ4n) is 2.76. The lowest BCUT2D eigenvalue weighted by Gasteiger charge is -2.31. The Balaban J connectivity index is 2.07. The fraction of sp³-hybridized carbons (Fsp3) is 0.625. The summed E-state index contributed by atoms with van der Waals surface area (Å²) in [6.45, 7) is 4.76. The molecule has 2 rings (SSSR count). The predicted octanol–water partition coefficient (Wildman–Crippen LogP) is 3.82. The van der Waals surface area contributed by atoms with Crippen LogP contribution in [0.5, 0.6) is 0 Å². The number of halogens is 2. The quantitative estimate of drug-likeness (QED) is 0.862. The van der Waals surface area contributed by atoms with Crippen molar-refractivity contribution in [3.8, 4) is 0 Å². The zero-order valence-electron chi connectivity index (χ0n) is 12.0. The average Bonchev–Trinajstić information content (AvgIpc) is 2.48. The van der Waals surface area contributed by atoms with Gasteiger partial charge in [-0.2, -0.15) is 0 Å². The molecule has 1 heterocycles. The molecule has 2 unspecified atom stereocenters. The molecule has 1 aliphatic rings. The number of benzene rings is 1. The maximum atomic E-state index is 13.5. The second kappa shape index (κ2) is 7.96. The van der Waals surface area contributed by atoms with E-state index < -0.39 is 0 Å². The molecule has 0 bridgehead atoms. The van der Waals surface area contributed by atoms with Crippen LogP contribution in [0.2, 0.25) is 5.02 Å². The van der Waals surface area contributed by atoms with Gasteiger partial charge in [0.1, 0.15) is 5.82 Å². The van der Waals surface area contributed by atoms with Gasteiger partial charge in [-0.1, -0.05) is 30.7 Å². The molecule has 0 amide bonds. The zero-order chi connectivity index (χ0) is 14.4. The van der Waals surface area contributed by atoms with Gasteiger partial charge >= 0.3 is 0 Å². The van der Waals surface area contributed by atoms with Crippen molar-refractivity contribution in [2.75, 3.05) is 19.8 Å². The summed E-state index contributed by atoms with van der Waals surface area (Å²) >= 11 is 6.08. The Morgan fingerprint density at radius 1 is 1.50 bits per heavy atom. The first-order valence-electron chi connectivity index (χ1n) is 7.46. The van der Waals surface area contributed by atoms with Crippen LogP contribution in [-0.2, 0) is 11.2 Å². The van der Waals surface area contributed by atoms with Crippen LogP contribution in [0.3, 0.4) is 0 Å². The number of hydrogen-bond donors (Lipinski definition) is 1. The molecule has 1 aromatic rings. The lowest BCUT2D eigenvalue weighted by Crippen LogP contribution is -2.42. The molecule has 20 heavy (non-hydrogen) atoms. The third kappa shape index (κ3) is 4.18. The van der Waals surface area contributed by atoms with E-state index in [0.29, 0.717) is 12.0 Å². The molecule has 0 spiro atoms. The Kier molecular flexibility index (Phi) is 6.27. The van der Waals surface area contributed by atoms with Crippen LogP contribution in [0.4, 0.5) is 4.39 Å². The Bertz CT molecular complexity index is 421. The summed E-state index contributed by atoms with van der Waals surface area (Å²) in [5.74, 6) is 0.146. The van der Waals surface area contributed by atoms with Gasteiger partial charge in [0.15, 0.2) is 0 Å². The van der Waals surface area contributed by atoms with Crippen LogP contribution in [0, 0.1) is 11.7 Å². The van der Waals surface area contributed by atoms with Crippen molar-refractivity contribution < 1.29 is 9.13 Å². The molecular weight excluding hydrogens is 277 g/mol. The minimum Gasteiger partial charge on any atom is -0.381 e. The summed E-state index contributed by atoms with van der Waals surface area (Å²) < 4.78 is 19.1. The highest BCUT2D eigenvalue weighted by atomic mass is 35.5. The summed E-state index contributed by atoms with van der Waals surface area (Å²) in [5.41, 5.74) is 0.880. The van der Waals surface area contributed by atoms with Crippen LogP contribution in [0.15, 0.2) is 18.2 Å². The summed E-state index contributed by atoms with van der Waals surface area (Å²) in [7, 11) is 0. The van der Waals surface area contributed by atoms with Gasteiger partial charge in [-0.05, 0) is 49.8 Å². The Morgan fingerprint density at radius 2 is 2.35 bits per heavy atom. The van der Waals surface area contributed by atoms with E-state index in [1.54, 1.807) is 6.07 Å². The van der Waals surface area contributed by atoms with Gasteiger partial charge in [0.25, 0.3) is 0 Å². The fourth-order valence-corrected chi connectivity index (χ4v) is 2.96. The van der Waals surface area contributed by atoms with E-state index in [-0.39, 0.29) is 10.8 Å². The molecule has 1 aromatic carbocycles. The lowest BCUT2D eigenvalue weighted by molar-refractivity contribution is 0.0393. The second-order valence-corrected chi connectivity index (χ2v) is 5.83. The van der Waals surface area contributed by atoms with Crippen LogP contribution in [0.1, 0.15) is 31.7 Å².